The maximum Gasteiger partial charge on any atom is 0.336 e. The number of esters is 1. The van der Waals surface area contributed by atoms with Crippen LogP contribution in [-0.4, -0.2) is 31.7 Å². The summed E-state index contributed by atoms with van der Waals surface area (Å²) in [6.07, 6.45) is 5.75. The van der Waals surface area contributed by atoms with E-state index in [0.29, 0.717) is 18.7 Å². The summed E-state index contributed by atoms with van der Waals surface area (Å²) in [4.78, 5) is 26.7. The van der Waals surface area contributed by atoms with Gasteiger partial charge in [0.15, 0.2) is 0 Å². The summed E-state index contributed by atoms with van der Waals surface area (Å²) in [7, 11) is -1.89. The highest BCUT2D eigenvalue weighted by atomic mass is 28.4. The normalized spacial score (nSPS) is 12.2. The molecule has 3 rings (SSSR count). The van der Waals surface area contributed by atoms with Gasteiger partial charge in [-0.3, -0.25) is 4.79 Å². The quantitative estimate of drug-likeness (QED) is 0.184. The molecular formula is C27H34N2O4Si. The summed E-state index contributed by atoms with van der Waals surface area (Å²) in [5, 5.41) is 3.89. The van der Waals surface area contributed by atoms with Crippen LogP contribution >= 0.6 is 0 Å². The number of rotatable bonds is 8. The van der Waals surface area contributed by atoms with E-state index in [0.717, 1.165) is 27.8 Å². The van der Waals surface area contributed by atoms with Crippen LogP contribution < -0.4 is 14.5 Å². The van der Waals surface area contributed by atoms with E-state index in [1.807, 2.05) is 42.6 Å². The molecule has 1 aromatic heterocycles. The minimum absolute atomic E-state index is 0.0565. The van der Waals surface area contributed by atoms with Crippen molar-refractivity contribution in [1.82, 2.24) is 10.3 Å². The summed E-state index contributed by atoms with van der Waals surface area (Å²) >= 11 is 0. The molecule has 0 aliphatic carbocycles. The fourth-order valence-electron chi connectivity index (χ4n) is 3.21. The Labute approximate surface area is 202 Å². The third-order valence-electron chi connectivity index (χ3n) is 6.20. The fraction of sp³-hybridized carbons (Fsp3) is 0.333. The summed E-state index contributed by atoms with van der Waals surface area (Å²) < 4.78 is 11.8. The van der Waals surface area contributed by atoms with Gasteiger partial charge in [0.25, 0.3) is 0 Å². The highest BCUT2D eigenvalue weighted by Crippen LogP contribution is 2.37. The number of benzene rings is 2. The van der Waals surface area contributed by atoms with Crippen molar-refractivity contribution >= 4 is 37.2 Å². The van der Waals surface area contributed by atoms with Crippen LogP contribution in [0.2, 0.25) is 18.1 Å². The van der Waals surface area contributed by atoms with Crippen LogP contribution in [0.4, 0.5) is 0 Å². The van der Waals surface area contributed by atoms with Crippen molar-refractivity contribution in [1.29, 1.82) is 0 Å². The predicted molar refractivity (Wildman–Crippen MR) is 140 cm³/mol. The molecule has 34 heavy (non-hydrogen) atoms. The van der Waals surface area contributed by atoms with E-state index in [1.165, 1.54) is 13.0 Å². The number of aromatic nitrogens is 1. The van der Waals surface area contributed by atoms with Gasteiger partial charge in [-0.2, -0.15) is 0 Å². The van der Waals surface area contributed by atoms with Crippen molar-refractivity contribution in [3.63, 3.8) is 0 Å². The zero-order valence-corrected chi connectivity index (χ0v) is 21.8. The molecule has 0 atom stereocenters. The molecule has 0 saturated heterocycles. The summed E-state index contributed by atoms with van der Waals surface area (Å²) in [5.41, 5.74) is 2.89. The van der Waals surface area contributed by atoms with Gasteiger partial charge < -0.3 is 19.5 Å². The van der Waals surface area contributed by atoms with Crippen molar-refractivity contribution in [2.24, 2.45) is 0 Å². The number of carbonyl (C=O) groups excluding carboxylic acids is 2. The molecule has 7 heteroatoms. The second kappa shape index (κ2) is 10.3. The van der Waals surface area contributed by atoms with Gasteiger partial charge in [0.2, 0.25) is 14.2 Å². The number of H-pyrrole nitrogens is 1. The second-order valence-corrected chi connectivity index (χ2v) is 14.7. The van der Waals surface area contributed by atoms with Crippen LogP contribution in [-0.2, 0) is 16.0 Å². The lowest BCUT2D eigenvalue weighted by molar-refractivity contribution is -0.129. The molecule has 0 radical (unpaired) electrons. The van der Waals surface area contributed by atoms with E-state index in [1.54, 1.807) is 12.1 Å². The first-order valence-electron chi connectivity index (χ1n) is 11.5. The van der Waals surface area contributed by atoms with Crippen molar-refractivity contribution in [2.45, 2.75) is 52.2 Å². The van der Waals surface area contributed by atoms with E-state index >= 15 is 0 Å². The second-order valence-electron chi connectivity index (χ2n) is 9.94. The molecule has 6 nitrogen and oxygen atoms in total. The topological polar surface area (TPSA) is 80.4 Å². The monoisotopic (exact) mass is 478 g/mol. The third-order valence-corrected chi connectivity index (χ3v) is 10.6. The number of hydrogen-bond donors (Lipinski definition) is 2. The molecule has 2 N–H and O–H groups in total. The number of carbonyl (C=O) groups is 2. The predicted octanol–water partition coefficient (Wildman–Crippen LogP) is 5.85. The lowest BCUT2D eigenvalue weighted by Crippen LogP contribution is -2.43. The maximum atomic E-state index is 12.4. The largest absolute Gasteiger partial charge is 0.544 e. The average Bonchev–Trinajstić information content (AvgIpc) is 3.14. The van der Waals surface area contributed by atoms with Gasteiger partial charge in [-0.05, 0) is 72.1 Å². The molecule has 0 aliphatic heterocycles. The van der Waals surface area contributed by atoms with E-state index < -0.39 is 14.3 Å². The maximum absolute atomic E-state index is 12.4. The molecule has 180 valence electrons. The molecule has 0 fully saturated rings. The Morgan fingerprint density at radius 3 is 2.38 bits per heavy atom. The van der Waals surface area contributed by atoms with Gasteiger partial charge in [-0.15, -0.1) is 0 Å². The lowest BCUT2D eigenvalue weighted by Gasteiger charge is -2.36. The first-order valence-corrected chi connectivity index (χ1v) is 14.4. The number of amides is 1. The van der Waals surface area contributed by atoms with Crippen LogP contribution in [0.5, 0.6) is 11.5 Å². The first kappa shape index (κ1) is 25.3. The van der Waals surface area contributed by atoms with Gasteiger partial charge in [0, 0.05) is 36.6 Å². The van der Waals surface area contributed by atoms with Crippen LogP contribution in [0, 0.1) is 0 Å². The van der Waals surface area contributed by atoms with Crippen LogP contribution in [0.25, 0.3) is 17.0 Å². The van der Waals surface area contributed by atoms with Crippen LogP contribution in [0.3, 0.4) is 0 Å². The highest BCUT2D eigenvalue weighted by molar-refractivity contribution is 6.74. The van der Waals surface area contributed by atoms with Crippen molar-refractivity contribution in [3.8, 4) is 11.5 Å². The van der Waals surface area contributed by atoms with E-state index in [2.05, 4.69) is 44.2 Å². The zero-order chi connectivity index (χ0) is 24.9. The summed E-state index contributed by atoms with van der Waals surface area (Å²) in [5.74, 6) is 0.816. The van der Waals surface area contributed by atoms with Gasteiger partial charge in [0.1, 0.15) is 11.5 Å². The molecule has 0 aliphatic rings. The Balaban J connectivity index is 1.61. The lowest BCUT2D eigenvalue weighted by atomic mass is 10.1. The first-order chi connectivity index (χ1) is 15.9. The standard InChI is InChI=1S/C27H34N2O4Si/c1-19(30)28-16-15-21-18-29-25-13-12-23(17-24(21)25)32-26(31)14-9-20-7-10-22(11-8-20)33-34(5,6)27(2,3)4/h7-14,17-18,29H,15-16H2,1-6H3,(H,28,30)/b14-9+. The number of nitrogens with one attached hydrogen (secondary N) is 2. The van der Waals surface area contributed by atoms with Crippen molar-refractivity contribution in [3.05, 3.63) is 65.9 Å². The Kier molecular flexibility index (Phi) is 7.67. The average molecular weight is 479 g/mol. The Bertz CT molecular complexity index is 1190. The number of aromatic amines is 1. The Morgan fingerprint density at radius 2 is 1.74 bits per heavy atom. The van der Waals surface area contributed by atoms with Crippen molar-refractivity contribution < 1.29 is 18.8 Å². The minimum Gasteiger partial charge on any atom is -0.544 e. The molecular weight excluding hydrogens is 444 g/mol. The van der Waals surface area contributed by atoms with Crippen LogP contribution in [0.1, 0.15) is 38.8 Å². The molecule has 0 bridgehead atoms. The molecule has 0 saturated carbocycles. The van der Waals surface area contributed by atoms with Crippen LogP contribution in [0.15, 0.2) is 54.7 Å². The van der Waals surface area contributed by atoms with E-state index in [9.17, 15) is 9.59 Å². The smallest absolute Gasteiger partial charge is 0.336 e. The van der Waals surface area contributed by atoms with Gasteiger partial charge in [0.05, 0.1) is 0 Å². The Morgan fingerprint density at radius 1 is 1.06 bits per heavy atom. The Hall–Kier alpha value is -3.32. The molecule has 2 aromatic carbocycles. The fourth-order valence-corrected chi connectivity index (χ4v) is 4.24. The van der Waals surface area contributed by atoms with Gasteiger partial charge in [-0.25, -0.2) is 4.79 Å². The van der Waals surface area contributed by atoms with Gasteiger partial charge in [-0.1, -0.05) is 32.9 Å². The summed E-state index contributed by atoms with van der Waals surface area (Å²) in [6.45, 7) is 13.1. The molecule has 1 amide bonds. The number of hydrogen-bond acceptors (Lipinski definition) is 4. The summed E-state index contributed by atoms with van der Waals surface area (Å²) in [6, 6.07) is 13.2. The minimum atomic E-state index is -1.89. The highest BCUT2D eigenvalue weighted by Gasteiger charge is 2.38. The SMILES string of the molecule is CC(=O)NCCc1c[nH]c2ccc(OC(=O)/C=C/c3ccc(O[Si](C)(C)C(C)(C)C)cc3)cc12. The van der Waals surface area contributed by atoms with Gasteiger partial charge >= 0.3 is 5.97 Å². The molecule has 0 unspecified atom stereocenters. The van der Waals surface area contributed by atoms with Crippen molar-refractivity contribution in [2.75, 3.05) is 6.54 Å². The molecule has 1 heterocycles. The zero-order valence-electron chi connectivity index (χ0n) is 20.8. The van der Waals surface area contributed by atoms with E-state index in [-0.39, 0.29) is 10.9 Å². The van der Waals surface area contributed by atoms with E-state index in [4.69, 9.17) is 9.16 Å². The third kappa shape index (κ3) is 6.60. The molecule has 3 aromatic rings. The number of ether oxygens (including phenoxy) is 1. The molecule has 0 spiro atoms. The number of fused-ring (bicyclic) bond motifs is 1.